The Kier molecular flexibility index (Phi) is 5.05. The lowest BCUT2D eigenvalue weighted by molar-refractivity contribution is 0.0913. The van der Waals surface area contributed by atoms with Crippen molar-refractivity contribution in [3.63, 3.8) is 0 Å². The van der Waals surface area contributed by atoms with E-state index in [1.165, 1.54) is 6.20 Å². The van der Waals surface area contributed by atoms with Crippen LogP contribution in [0.5, 0.6) is 11.5 Å². The van der Waals surface area contributed by atoms with Gasteiger partial charge in [0.25, 0.3) is 11.5 Å². The largest absolute Gasteiger partial charge is 0.491 e. The third-order valence-corrected chi connectivity index (χ3v) is 4.43. The molecule has 1 amide bonds. The number of hydrogen-bond acceptors (Lipinski definition) is 5. The van der Waals surface area contributed by atoms with Crippen LogP contribution in [-0.4, -0.2) is 28.5 Å². The van der Waals surface area contributed by atoms with E-state index in [1.807, 2.05) is 54.6 Å². The van der Waals surface area contributed by atoms with E-state index in [1.54, 1.807) is 0 Å². The van der Waals surface area contributed by atoms with Crippen LogP contribution in [0.3, 0.4) is 0 Å². The molecule has 0 fully saturated rings. The normalized spacial score (nSPS) is 15.2. The molecule has 0 bridgehead atoms. The summed E-state index contributed by atoms with van der Waals surface area (Å²) in [7, 11) is 0. The van der Waals surface area contributed by atoms with E-state index < -0.39 is 11.5 Å². The van der Waals surface area contributed by atoms with E-state index >= 15 is 0 Å². The minimum Gasteiger partial charge on any atom is -0.491 e. The summed E-state index contributed by atoms with van der Waals surface area (Å²) in [5.41, 5.74) is 0.484. The number of carbonyl (C=O) groups excluding carboxylic acids is 1. The number of fused-ring (bicyclic) bond motifs is 1. The number of para-hydroxylation sites is 2. The van der Waals surface area contributed by atoms with Crippen molar-refractivity contribution in [3.8, 4) is 11.5 Å². The molecule has 2 heterocycles. The van der Waals surface area contributed by atoms with Gasteiger partial charge in [0.1, 0.15) is 36.1 Å². The maximum absolute atomic E-state index is 12.5. The quantitative estimate of drug-likeness (QED) is 0.710. The fraction of sp³-hybridized carbons (Fsp3) is 0.190. The fourth-order valence-corrected chi connectivity index (χ4v) is 3.02. The van der Waals surface area contributed by atoms with Crippen LogP contribution in [-0.2, 0) is 13.0 Å². The number of hydrogen-bond donors (Lipinski definition) is 2. The lowest BCUT2D eigenvalue weighted by Gasteiger charge is -2.25. The van der Waals surface area contributed by atoms with Gasteiger partial charge in [-0.15, -0.1) is 0 Å². The summed E-state index contributed by atoms with van der Waals surface area (Å²) in [5, 5.41) is 2.84. The van der Waals surface area contributed by atoms with Crippen LogP contribution < -0.4 is 20.3 Å². The van der Waals surface area contributed by atoms with Gasteiger partial charge < -0.3 is 19.8 Å². The van der Waals surface area contributed by atoms with E-state index in [2.05, 4.69) is 15.3 Å². The molecule has 2 N–H and O–H groups in total. The molecule has 7 heteroatoms. The monoisotopic (exact) mass is 377 g/mol. The van der Waals surface area contributed by atoms with Crippen LogP contribution in [0, 0.1) is 0 Å². The van der Waals surface area contributed by atoms with Gasteiger partial charge in [0, 0.05) is 6.20 Å². The second-order valence-electron chi connectivity index (χ2n) is 6.47. The minimum absolute atomic E-state index is 0.0395. The predicted molar refractivity (Wildman–Crippen MR) is 103 cm³/mol. The summed E-state index contributed by atoms with van der Waals surface area (Å²) in [4.78, 5) is 31.5. The molecule has 2 aromatic carbocycles. The highest BCUT2D eigenvalue weighted by Gasteiger charge is 2.23. The molecule has 0 spiro atoms. The third-order valence-electron chi connectivity index (χ3n) is 4.43. The number of ether oxygens (including phenoxy) is 2. The van der Waals surface area contributed by atoms with E-state index in [0.29, 0.717) is 24.6 Å². The van der Waals surface area contributed by atoms with E-state index in [4.69, 9.17) is 9.47 Å². The number of aromatic nitrogens is 2. The van der Waals surface area contributed by atoms with Crippen molar-refractivity contribution in [3.05, 3.63) is 88.1 Å². The number of nitrogens with one attached hydrogen (secondary N) is 2. The van der Waals surface area contributed by atoms with Gasteiger partial charge in [-0.25, -0.2) is 4.98 Å². The van der Waals surface area contributed by atoms with Gasteiger partial charge in [0.05, 0.1) is 6.04 Å². The summed E-state index contributed by atoms with van der Waals surface area (Å²) in [6.07, 6.45) is 1.92. The summed E-state index contributed by atoms with van der Waals surface area (Å²) >= 11 is 0. The minimum atomic E-state index is -0.503. The first-order chi connectivity index (χ1) is 13.7. The van der Waals surface area contributed by atoms with Crippen LogP contribution in [0.4, 0.5) is 0 Å². The topological polar surface area (TPSA) is 93.3 Å². The third kappa shape index (κ3) is 4.03. The van der Waals surface area contributed by atoms with Gasteiger partial charge in [0.15, 0.2) is 0 Å². The first-order valence-corrected chi connectivity index (χ1v) is 8.96. The van der Waals surface area contributed by atoms with Crippen molar-refractivity contribution in [2.24, 2.45) is 0 Å². The maximum atomic E-state index is 12.5. The Hall–Kier alpha value is -3.61. The maximum Gasteiger partial charge on any atom is 0.263 e. The second kappa shape index (κ2) is 7.96. The molecule has 0 radical (unpaired) electrons. The number of nitrogens with zero attached hydrogens (tertiary/aromatic N) is 1. The van der Waals surface area contributed by atoms with Crippen molar-refractivity contribution >= 4 is 5.91 Å². The lowest BCUT2D eigenvalue weighted by Crippen LogP contribution is -2.44. The van der Waals surface area contributed by atoms with Gasteiger partial charge in [0.2, 0.25) is 0 Å². The molecule has 7 nitrogen and oxygen atoms in total. The number of H-pyrrole nitrogens is 1. The second-order valence-corrected chi connectivity index (χ2v) is 6.47. The Labute approximate surface area is 161 Å². The van der Waals surface area contributed by atoms with Crippen LogP contribution in [0.1, 0.15) is 21.7 Å². The summed E-state index contributed by atoms with van der Waals surface area (Å²) in [6, 6.07) is 16.7. The van der Waals surface area contributed by atoms with Crippen LogP contribution in [0.2, 0.25) is 0 Å². The molecule has 142 valence electrons. The molecule has 0 saturated carbocycles. The molecule has 0 unspecified atom stereocenters. The molecule has 1 atom stereocenters. The molecule has 3 aromatic rings. The fourth-order valence-electron chi connectivity index (χ4n) is 3.02. The molecule has 1 aliphatic rings. The highest BCUT2D eigenvalue weighted by atomic mass is 16.5. The standard InChI is InChI=1S/C21H19N3O4/c25-20(23-15-10-14-6-4-5-9-18(14)28-12-15)17-11-22-19(24-21(17)26)13-27-16-7-2-1-3-8-16/h1-9,11,15H,10,12-13H2,(H,23,25)(H,22,24,26)/t15-/m0/s1. The molecule has 1 aliphatic heterocycles. The van der Waals surface area contributed by atoms with Gasteiger partial charge in [-0.1, -0.05) is 36.4 Å². The zero-order valence-corrected chi connectivity index (χ0v) is 15.1. The van der Waals surface area contributed by atoms with Crippen molar-refractivity contribution in [2.45, 2.75) is 19.1 Å². The van der Waals surface area contributed by atoms with Crippen molar-refractivity contribution in [2.75, 3.05) is 6.61 Å². The smallest absolute Gasteiger partial charge is 0.263 e. The highest BCUT2D eigenvalue weighted by molar-refractivity contribution is 5.93. The highest BCUT2D eigenvalue weighted by Crippen LogP contribution is 2.23. The van der Waals surface area contributed by atoms with E-state index in [-0.39, 0.29) is 18.2 Å². The van der Waals surface area contributed by atoms with E-state index in [0.717, 1.165) is 11.3 Å². The molecule has 28 heavy (non-hydrogen) atoms. The van der Waals surface area contributed by atoms with Crippen LogP contribution in [0.15, 0.2) is 65.6 Å². The SMILES string of the molecule is O=C(N[C@@H]1COc2ccccc2C1)c1cnc(COc2ccccc2)[nH]c1=O. The van der Waals surface area contributed by atoms with Gasteiger partial charge in [-0.05, 0) is 30.2 Å². The Morgan fingerprint density at radius 1 is 1.18 bits per heavy atom. The number of benzene rings is 2. The van der Waals surface area contributed by atoms with Crippen molar-refractivity contribution in [1.29, 1.82) is 0 Å². The van der Waals surface area contributed by atoms with Gasteiger partial charge in [-0.3, -0.25) is 9.59 Å². The predicted octanol–water partition coefficient (Wildman–Crippen LogP) is 2.08. The molecule has 4 rings (SSSR count). The van der Waals surface area contributed by atoms with Gasteiger partial charge >= 0.3 is 0 Å². The van der Waals surface area contributed by atoms with Gasteiger partial charge in [-0.2, -0.15) is 0 Å². The number of aromatic amines is 1. The first-order valence-electron chi connectivity index (χ1n) is 8.96. The zero-order chi connectivity index (χ0) is 19.3. The Balaban J connectivity index is 1.39. The Morgan fingerprint density at radius 3 is 2.79 bits per heavy atom. The van der Waals surface area contributed by atoms with Crippen LogP contribution in [0.25, 0.3) is 0 Å². The molecular formula is C21H19N3O4. The molecule has 0 saturated heterocycles. The Bertz CT molecular complexity index is 1030. The average molecular weight is 377 g/mol. The summed E-state index contributed by atoms with van der Waals surface area (Å²) in [5.74, 6) is 1.37. The van der Waals surface area contributed by atoms with E-state index in [9.17, 15) is 9.59 Å². The van der Waals surface area contributed by atoms with Crippen molar-refractivity contribution < 1.29 is 14.3 Å². The number of rotatable bonds is 5. The molecule has 0 aliphatic carbocycles. The number of amides is 1. The average Bonchev–Trinajstić information content (AvgIpc) is 2.73. The van der Waals surface area contributed by atoms with Crippen molar-refractivity contribution in [1.82, 2.24) is 15.3 Å². The molecular weight excluding hydrogens is 358 g/mol. The summed E-state index contributed by atoms with van der Waals surface area (Å²) < 4.78 is 11.2. The summed E-state index contributed by atoms with van der Waals surface area (Å²) in [6.45, 7) is 0.464. The number of carbonyl (C=O) groups is 1. The van der Waals surface area contributed by atoms with Crippen LogP contribution >= 0.6 is 0 Å². The zero-order valence-electron chi connectivity index (χ0n) is 15.1. The molecule has 1 aromatic heterocycles. The lowest BCUT2D eigenvalue weighted by atomic mass is 10.0. The first kappa shape index (κ1) is 17.8. The Morgan fingerprint density at radius 2 is 1.96 bits per heavy atom.